The summed E-state index contributed by atoms with van der Waals surface area (Å²) >= 11 is 0. The normalized spacial score (nSPS) is 20.6. The molecule has 1 N–H and O–H groups in total. The number of carbonyl (C=O) groups is 1. The summed E-state index contributed by atoms with van der Waals surface area (Å²) < 4.78 is 11.2. The van der Waals surface area contributed by atoms with Crippen molar-refractivity contribution < 1.29 is 14.3 Å². The maximum atomic E-state index is 13.8. The molecule has 0 bridgehead atoms. The summed E-state index contributed by atoms with van der Waals surface area (Å²) in [5.74, 6) is 1.87. The molecule has 2 atom stereocenters. The van der Waals surface area contributed by atoms with Crippen molar-refractivity contribution >= 4 is 27.8 Å². The van der Waals surface area contributed by atoms with E-state index in [4.69, 9.17) is 9.47 Å². The molecule has 0 spiro atoms. The highest BCUT2D eigenvalue weighted by molar-refractivity contribution is 6.13. The first-order chi connectivity index (χ1) is 16.8. The number of benzene rings is 4. The number of ether oxygens (including phenoxy) is 2. The minimum atomic E-state index is -0.220. The van der Waals surface area contributed by atoms with Gasteiger partial charge in [-0.15, -0.1) is 0 Å². The van der Waals surface area contributed by atoms with Gasteiger partial charge in [-0.25, -0.2) is 0 Å². The summed E-state index contributed by atoms with van der Waals surface area (Å²) in [6, 6.07) is 29.0. The summed E-state index contributed by atoms with van der Waals surface area (Å²) in [6.07, 6.45) is 1.36. The first-order valence-electron chi connectivity index (χ1n) is 11.8. The van der Waals surface area contributed by atoms with Crippen molar-refractivity contribution in [3.8, 4) is 11.5 Å². The number of anilines is 1. The van der Waals surface area contributed by atoms with E-state index in [1.807, 2.05) is 24.3 Å². The lowest BCUT2D eigenvalue weighted by molar-refractivity contribution is -0.116. The molecule has 0 amide bonds. The Morgan fingerprint density at radius 3 is 2.50 bits per heavy atom. The first-order valence-corrected chi connectivity index (χ1v) is 11.8. The minimum absolute atomic E-state index is 0.176. The second-order valence-corrected chi connectivity index (χ2v) is 9.23. The monoisotopic (exact) mass is 445 g/mol. The van der Waals surface area contributed by atoms with Gasteiger partial charge in [-0.3, -0.25) is 4.79 Å². The Hall–Kier alpha value is -4.05. The van der Waals surface area contributed by atoms with Crippen LogP contribution in [0.15, 0.2) is 90.5 Å². The van der Waals surface area contributed by atoms with Crippen LogP contribution < -0.4 is 14.8 Å². The number of ketones is 1. The van der Waals surface area contributed by atoms with Gasteiger partial charge in [-0.1, -0.05) is 66.7 Å². The molecular formula is C30H23NO3. The highest BCUT2D eigenvalue weighted by atomic mass is 16.7. The van der Waals surface area contributed by atoms with Crippen LogP contribution in [0.2, 0.25) is 0 Å². The zero-order chi connectivity index (χ0) is 22.6. The summed E-state index contributed by atoms with van der Waals surface area (Å²) in [4.78, 5) is 13.8. The van der Waals surface area contributed by atoms with E-state index in [1.165, 1.54) is 27.5 Å². The number of hydrogen-bond donors (Lipinski definition) is 1. The molecule has 4 aromatic rings. The molecule has 0 unspecified atom stereocenters. The quantitative estimate of drug-likeness (QED) is 0.376. The topological polar surface area (TPSA) is 47.6 Å². The van der Waals surface area contributed by atoms with Gasteiger partial charge in [0.15, 0.2) is 17.3 Å². The third-order valence-corrected chi connectivity index (χ3v) is 7.33. The molecule has 2 heterocycles. The molecule has 7 rings (SSSR count). The van der Waals surface area contributed by atoms with Crippen LogP contribution >= 0.6 is 0 Å². The molecule has 0 radical (unpaired) electrons. The van der Waals surface area contributed by atoms with Crippen molar-refractivity contribution in [3.63, 3.8) is 0 Å². The second kappa shape index (κ2) is 7.49. The second-order valence-electron chi connectivity index (χ2n) is 9.23. The number of Topliss-reactive ketones (excluding diaryl/α,β-unsaturated/α-hetero) is 1. The van der Waals surface area contributed by atoms with Crippen molar-refractivity contribution in [2.45, 2.75) is 24.8 Å². The maximum Gasteiger partial charge on any atom is 0.231 e. The number of allylic oxidation sites excluding steroid dienone is 1. The zero-order valence-corrected chi connectivity index (χ0v) is 18.6. The first kappa shape index (κ1) is 19.4. The largest absolute Gasteiger partial charge is 0.454 e. The van der Waals surface area contributed by atoms with E-state index in [1.54, 1.807) is 0 Å². The van der Waals surface area contributed by atoms with Crippen LogP contribution in [-0.2, 0) is 4.79 Å². The average molecular weight is 446 g/mol. The molecule has 2 aliphatic heterocycles. The van der Waals surface area contributed by atoms with E-state index >= 15 is 0 Å². The predicted molar refractivity (Wildman–Crippen MR) is 133 cm³/mol. The van der Waals surface area contributed by atoms with Gasteiger partial charge in [-0.2, -0.15) is 0 Å². The smallest absolute Gasteiger partial charge is 0.231 e. The lowest BCUT2D eigenvalue weighted by Gasteiger charge is -2.37. The molecule has 0 aromatic heterocycles. The standard InChI is InChI=1S/C30H23NO3/c32-25-15-21(18-6-2-1-3-7-18)14-23-28-22-9-5-4-8-19(22)10-12-24(28)31-30(29(23)25)20-11-13-26-27(16-20)34-17-33-26/h1-13,16,21,30-31H,14-15,17H2/t21-,30+/m1/s1. The van der Waals surface area contributed by atoms with Gasteiger partial charge in [0.25, 0.3) is 0 Å². The molecule has 166 valence electrons. The van der Waals surface area contributed by atoms with Gasteiger partial charge in [0, 0.05) is 23.2 Å². The molecule has 1 aliphatic carbocycles. The number of rotatable bonds is 2. The lowest BCUT2D eigenvalue weighted by atomic mass is 9.71. The van der Waals surface area contributed by atoms with Crippen molar-refractivity contribution in [1.82, 2.24) is 0 Å². The molecule has 0 saturated heterocycles. The summed E-state index contributed by atoms with van der Waals surface area (Å²) in [5.41, 5.74) is 6.53. The van der Waals surface area contributed by atoms with Crippen molar-refractivity contribution in [1.29, 1.82) is 0 Å². The van der Waals surface area contributed by atoms with E-state index in [2.05, 4.69) is 66.0 Å². The number of nitrogens with one attached hydrogen (secondary N) is 1. The Balaban J connectivity index is 1.44. The Bertz CT molecular complexity index is 1490. The predicted octanol–water partition coefficient (Wildman–Crippen LogP) is 6.64. The third-order valence-electron chi connectivity index (χ3n) is 7.33. The van der Waals surface area contributed by atoms with Crippen LogP contribution in [0.25, 0.3) is 16.3 Å². The molecule has 4 aromatic carbocycles. The number of hydrogen-bond acceptors (Lipinski definition) is 4. The van der Waals surface area contributed by atoms with E-state index in [0.717, 1.165) is 34.7 Å². The van der Waals surface area contributed by atoms with Crippen LogP contribution in [0, 0.1) is 0 Å². The van der Waals surface area contributed by atoms with Gasteiger partial charge in [-0.05, 0) is 58.0 Å². The van der Waals surface area contributed by atoms with Crippen LogP contribution in [0.1, 0.15) is 41.5 Å². The molecule has 4 heteroatoms. The molecule has 34 heavy (non-hydrogen) atoms. The average Bonchev–Trinajstić information content (AvgIpc) is 3.36. The fourth-order valence-electron chi connectivity index (χ4n) is 5.75. The lowest BCUT2D eigenvalue weighted by Crippen LogP contribution is -2.29. The fraction of sp³-hybridized carbons (Fsp3) is 0.167. The molecule has 0 saturated carbocycles. The minimum Gasteiger partial charge on any atom is -0.454 e. The number of carbonyl (C=O) groups excluding carboxylic acids is 1. The van der Waals surface area contributed by atoms with Crippen molar-refractivity contribution in [2.75, 3.05) is 12.1 Å². The number of fused-ring (bicyclic) bond motifs is 5. The Kier molecular flexibility index (Phi) is 4.28. The summed E-state index contributed by atoms with van der Waals surface area (Å²) in [5, 5.41) is 6.08. The zero-order valence-electron chi connectivity index (χ0n) is 18.6. The molecule has 4 nitrogen and oxygen atoms in total. The SMILES string of the molecule is O=C1C[C@H](c2ccccc2)CC2=C1[C@H](c1ccc3c(c1)OCO3)Nc1ccc3ccccc3c12. The van der Waals surface area contributed by atoms with Crippen molar-refractivity contribution in [2.24, 2.45) is 0 Å². The van der Waals surface area contributed by atoms with E-state index in [0.29, 0.717) is 6.42 Å². The maximum absolute atomic E-state index is 13.8. The van der Waals surface area contributed by atoms with Gasteiger partial charge < -0.3 is 14.8 Å². The van der Waals surface area contributed by atoms with Gasteiger partial charge in [0.2, 0.25) is 6.79 Å². The van der Waals surface area contributed by atoms with Gasteiger partial charge >= 0.3 is 0 Å². The van der Waals surface area contributed by atoms with Crippen molar-refractivity contribution in [3.05, 3.63) is 107 Å². The van der Waals surface area contributed by atoms with Crippen LogP contribution in [-0.4, -0.2) is 12.6 Å². The van der Waals surface area contributed by atoms with E-state index < -0.39 is 0 Å². The fourth-order valence-corrected chi connectivity index (χ4v) is 5.75. The summed E-state index contributed by atoms with van der Waals surface area (Å²) in [6.45, 7) is 0.233. The third kappa shape index (κ3) is 2.95. The van der Waals surface area contributed by atoms with Gasteiger partial charge in [0.1, 0.15) is 0 Å². The molecule has 3 aliphatic rings. The van der Waals surface area contributed by atoms with Crippen LogP contribution in [0.5, 0.6) is 11.5 Å². The summed E-state index contributed by atoms with van der Waals surface area (Å²) in [7, 11) is 0. The van der Waals surface area contributed by atoms with Crippen LogP contribution in [0.4, 0.5) is 5.69 Å². The van der Waals surface area contributed by atoms with E-state index in [9.17, 15) is 4.79 Å². The van der Waals surface area contributed by atoms with E-state index in [-0.39, 0.29) is 24.5 Å². The Morgan fingerprint density at radius 1 is 0.765 bits per heavy atom. The Labute approximate surface area is 197 Å². The highest BCUT2D eigenvalue weighted by Crippen LogP contribution is 2.51. The molecular weight excluding hydrogens is 422 g/mol. The highest BCUT2D eigenvalue weighted by Gasteiger charge is 2.38. The van der Waals surface area contributed by atoms with Crippen LogP contribution in [0.3, 0.4) is 0 Å². The Morgan fingerprint density at radius 2 is 1.59 bits per heavy atom. The molecule has 0 fully saturated rings. The van der Waals surface area contributed by atoms with Gasteiger partial charge in [0.05, 0.1) is 6.04 Å².